The molecular formula is C13H10N2O2. The van der Waals surface area contributed by atoms with Gasteiger partial charge in [0.1, 0.15) is 0 Å². The maximum atomic E-state index is 10.4. The van der Waals surface area contributed by atoms with Gasteiger partial charge < -0.3 is 5.11 Å². The second-order valence-corrected chi connectivity index (χ2v) is 3.37. The highest BCUT2D eigenvalue weighted by molar-refractivity contribution is 5.85. The third kappa shape index (κ3) is 2.98. The molecule has 4 nitrogen and oxygen atoms in total. The normalized spacial score (nSPS) is 10.6. The van der Waals surface area contributed by atoms with Crippen LogP contribution in [-0.2, 0) is 4.79 Å². The van der Waals surface area contributed by atoms with Crippen LogP contribution in [0.4, 0.5) is 0 Å². The van der Waals surface area contributed by atoms with Crippen LogP contribution in [0.3, 0.4) is 0 Å². The Kier molecular flexibility index (Phi) is 3.25. The van der Waals surface area contributed by atoms with Crippen LogP contribution in [0.5, 0.6) is 0 Å². The summed E-state index contributed by atoms with van der Waals surface area (Å²) in [5.41, 5.74) is 1.73. The second-order valence-electron chi connectivity index (χ2n) is 3.37. The fraction of sp³-hybridized carbons (Fsp3) is 0. The predicted molar refractivity (Wildman–Crippen MR) is 64.1 cm³/mol. The number of carboxylic acid groups (broad SMARTS) is 1. The monoisotopic (exact) mass is 226 g/mol. The van der Waals surface area contributed by atoms with Crippen molar-refractivity contribution in [2.45, 2.75) is 0 Å². The van der Waals surface area contributed by atoms with Crippen molar-refractivity contribution in [1.82, 2.24) is 9.97 Å². The van der Waals surface area contributed by atoms with Crippen LogP contribution in [0, 0.1) is 0 Å². The molecule has 0 atom stereocenters. The van der Waals surface area contributed by atoms with Gasteiger partial charge in [-0.2, -0.15) is 0 Å². The zero-order valence-electron chi connectivity index (χ0n) is 8.95. The molecule has 4 heteroatoms. The van der Waals surface area contributed by atoms with Gasteiger partial charge in [0.15, 0.2) is 5.82 Å². The van der Waals surface area contributed by atoms with E-state index in [9.17, 15) is 4.79 Å². The number of hydrogen-bond donors (Lipinski definition) is 1. The summed E-state index contributed by atoms with van der Waals surface area (Å²) in [5, 5.41) is 8.50. The van der Waals surface area contributed by atoms with Crippen LogP contribution in [0.2, 0.25) is 0 Å². The lowest BCUT2D eigenvalue weighted by Gasteiger charge is -1.99. The summed E-state index contributed by atoms with van der Waals surface area (Å²) < 4.78 is 0. The number of carboxylic acids is 1. The molecule has 2 aromatic rings. The van der Waals surface area contributed by atoms with Gasteiger partial charge in [0.05, 0.1) is 0 Å². The predicted octanol–water partition coefficient (Wildman–Crippen LogP) is 2.24. The Morgan fingerprint density at radius 2 is 1.76 bits per heavy atom. The first kappa shape index (κ1) is 11.0. The van der Waals surface area contributed by atoms with Crippen molar-refractivity contribution >= 4 is 12.0 Å². The number of aromatic nitrogens is 2. The van der Waals surface area contributed by atoms with Gasteiger partial charge in [-0.3, -0.25) is 0 Å². The minimum Gasteiger partial charge on any atom is -0.478 e. The molecule has 2 rings (SSSR count). The summed E-state index contributed by atoms with van der Waals surface area (Å²) in [6.45, 7) is 0. The van der Waals surface area contributed by atoms with Crippen molar-refractivity contribution in [2.75, 3.05) is 0 Å². The molecule has 0 radical (unpaired) electrons. The van der Waals surface area contributed by atoms with Crippen molar-refractivity contribution in [3.63, 3.8) is 0 Å². The molecular weight excluding hydrogens is 216 g/mol. The van der Waals surface area contributed by atoms with E-state index in [2.05, 4.69) is 9.97 Å². The molecule has 0 aliphatic heterocycles. The largest absolute Gasteiger partial charge is 0.478 e. The van der Waals surface area contributed by atoms with Crippen LogP contribution < -0.4 is 0 Å². The second kappa shape index (κ2) is 5.03. The molecule has 17 heavy (non-hydrogen) atoms. The molecule has 0 amide bonds. The van der Waals surface area contributed by atoms with Gasteiger partial charge in [0, 0.05) is 24.0 Å². The van der Waals surface area contributed by atoms with E-state index >= 15 is 0 Å². The zero-order chi connectivity index (χ0) is 12.1. The van der Waals surface area contributed by atoms with Gasteiger partial charge in [-0.15, -0.1) is 0 Å². The Morgan fingerprint density at radius 3 is 2.35 bits per heavy atom. The maximum Gasteiger partial charge on any atom is 0.328 e. The number of rotatable bonds is 3. The average molecular weight is 226 g/mol. The molecule has 1 heterocycles. The number of hydrogen-bond acceptors (Lipinski definition) is 3. The minimum atomic E-state index is -0.958. The van der Waals surface area contributed by atoms with Crippen molar-refractivity contribution in [3.05, 3.63) is 54.4 Å². The average Bonchev–Trinajstić information content (AvgIpc) is 2.38. The van der Waals surface area contributed by atoms with Crippen LogP contribution >= 0.6 is 0 Å². The summed E-state index contributed by atoms with van der Waals surface area (Å²) in [5.74, 6) is -0.304. The first-order valence-electron chi connectivity index (χ1n) is 5.04. The van der Waals surface area contributed by atoms with Gasteiger partial charge in [0.2, 0.25) is 0 Å². The lowest BCUT2D eigenvalue weighted by atomic mass is 10.1. The molecule has 0 saturated carbocycles. The molecule has 0 fully saturated rings. The summed E-state index contributed by atoms with van der Waals surface area (Å²) >= 11 is 0. The Bertz CT molecular complexity index is 533. The van der Waals surface area contributed by atoms with Crippen LogP contribution in [-0.4, -0.2) is 21.0 Å². The fourth-order valence-corrected chi connectivity index (χ4v) is 1.36. The molecule has 0 aliphatic carbocycles. The van der Waals surface area contributed by atoms with Gasteiger partial charge in [0.25, 0.3) is 0 Å². The molecule has 0 aliphatic rings. The molecule has 0 bridgehead atoms. The number of benzene rings is 1. The maximum absolute atomic E-state index is 10.4. The SMILES string of the molecule is O=C(O)C=Cc1ccc(-c2ncccn2)cc1. The molecule has 0 spiro atoms. The van der Waals surface area contributed by atoms with E-state index in [1.807, 2.05) is 24.3 Å². The quantitative estimate of drug-likeness (QED) is 0.815. The molecule has 0 unspecified atom stereocenters. The Labute approximate surface area is 98.3 Å². The number of nitrogens with zero attached hydrogens (tertiary/aromatic N) is 2. The first-order chi connectivity index (χ1) is 8.25. The van der Waals surface area contributed by atoms with Crippen molar-refractivity contribution in [1.29, 1.82) is 0 Å². The molecule has 1 aromatic carbocycles. The smallest absolute Gasteiger partial charge is 0.328 e. The summed E-state index contributed by atoms with van der Waals surface area (Å²) in [6.07, 6.45) is 6.01. The van der Waals surface area contributed by atoms with E-state index in [1.165, 1.54) is 6.08 Å². The first-order valence-corrected chi connectivity index (χ1v) is 5.04. The Hall–Kier alpha value is -2.49. The summed E-state index contributed by atoms with van der Waals surface area (Å²) in [7, 11) is 0. The molecule has 84 valence electrons. The summed E-state index contributed by atoms with van der Waals surface area (Å²) in [4.78, 5) is 18.6. The Balaban J connectivity index is 2.22. The van der Waals surface area contributed by atoms with E-state index in [0.717, 1.165) is 17.2 Å². The van der Waals surface area contributed by atoms with Crippen molar-refractivity contribution < 1.29 is 9.90 Å². The van der Waals surface area contributed by atoms with Crippen molar-refractivity contribution in [3.8, 4) is 11.4 Å². The van der Waals surface area contributed by atoms with Crippen molar-refractivity contribution in [2.24, 2.45) is 0 Å². The van der Waals surface area contributed by atoms with E-state index in [1.54, 1.807) is 18.5 Å². The van der Waals surface area contributed by atoms with E-state index in [-0.39, 0.29) is 0 Å². The van der Waals surface area contributed by atoms with Gasteiger partial charge >= 0.3 is 5.97 Å². The van der Waals surface area contributed by atoms with Gasteiger partial charge in [-0.25, -0.2) is 14.8 Å². The van der Waals surface area contributed by atoms with Gasteiger partial charge in [-0.1, -0.05) is 24.3 Å². The molecule has 1 aromatic heterocycles. The van der Waals surface area contributed by atoms with Crippen LogP contribution in [0.1, 0.15) is 5.56 Å². The van der Waals surface area contributed by atoms with Gasteiger partial charge in [-0.05, 0) is 17.7 Å². The lowest BCUT2D eigenvalue weighted by molar-refractivity contribution is -0.131. The highest BCUT2D eigenvalue weighted by Gasteiger charge is 1.98. The topological polar surface area (TPSA) is 63.1 Å². The summed E-state index contributed by atoms with van der Waals surface area (Å²) in [6, 6.07) is 9.12. The minimum absolute atomic E-state index is 0.654. The van der Waals surface area contributed by atoms with Crippen LogP contribution in [0.25, 0.3) is 17.5 Å². The lowest BCUT2D eigenvalue weighted by Crippen LogP contribution is -1.87. The number of aliphatic carboxylic acids is 1. The Morgan fingerprint density at radius 1 is 1.12 bits per heavy atom. The fourth-order valence-electron chi connectivity index (χ4n) is 1.36. The highest BCUT2D eigenvalue weighted by Crippen LogP contribution is 2.15. The van der Waals surface area contributed by atoms with Crippen LogP contribution in [0.15, 0.2) is 48.8 Å². The molecule has 1 N–H and O–H groups in total. The zero-order valence-corrected chi connectivity index (χ0v) is 8.95. The van der Waals surface area contributed by atoms with E-state index < -0.39 is 5.97 Å². The van der Waals surface area contributed by atoms with E-state index in [0.29, 0.717) is 5.82 Å². The van der Waals surface area contributed by atoms with E-state index in [4.69, 9.17) is 5.11 Å². The highest BCUT2D eigenvalue weighted by atomic mass is 16.4. The standard InChI is InChI=1S/C13H10N2O2/c16-12(17)7-4-10-2-5-11(6-3-10)13-14-8-1-9-15-13/h1-9H,(H,16,17). The molecule has 0 saturated heterocycles. The number of carbonyl (C=O) groups is 1. The third-order valence-corrected chi connectivity index (χ3v) is 2.15. The third-order valence-electron chi connectivity index (χ3n) is 2.15.